The minimum absolute atomic E-state index is 0.000213. The van der Waals surface area contributed by atoms with E-state index in [1.54, 1.807) is 0 Å². The van der Waals surface area contributed by atoms with Crippen LogP contribution in [0.4, 0.5) is 0 Å². The molecule has 4 rings (SSSR count). The standard InChI is InChI=1S/C37H46N4O6/c1-23(2)33(41-19-18-39-36(45)37(41)46)35(44)40-28(20-26-14-7-5-8-15-26)21-29(42)31(32(38)27-16-9-6-10-17-27)30(43)22-47-34-24(3)12-11-13-25(34)4/h5-17,23,28-29,31-33,42H,18-22,38H2,1-4H3,(H,39,45)(H,40,44)/t28-,29+,31?,32?,33-/m0/s1. The van der Waals surface area contributed by atoms with Gasteiger partial charge in [0.15, 0.2) is 5.78 Å². The Morgan fingerprint density at radius 1 is 0.957 bits per heavy atom. The number of nitrogens with one attached hydrogen (secondary N) is 2. The largest absolute Gasteiger partial charge is 0.485 e. The highest BCUT2D eigenvalue weighted by molar-refractivity contribution is 6.36. The summed E-state index contributed by atoms with van der Waals surface area (Å²) in [5, 5.41) is 17.4. The first-order valence-electron chi connectivity index (χ1n) is 16.1. The van der Waals surface area contributed by atoms with Crippen LogP contribution in [0.3, 0.4) is 0 Å². The summed E-state index contributed by atoms with van der Waals surface area (Å²) >= 11 is 0. The molecule has 47 heavy (non-hydrogen) atoms. The van der Waals surface area contributed by atoms with Gasteiger partial charge < -0.3 is 31.1 Å². The number of ether oxygens (including phenoxy) is 1. The summed E-state index contributed by atoms with van der Waals surface area (Å²) in [5.74, 6) is -3.05. The van der Waals surface area contributed by atoms with Gasteiger partial charge in [0, 0.05) is 25.2 Å². The predicted octanol–water partition coefficient (Wildman–Crippen LogP) is 3.03. The molecule has 0 aromatic heterocycles. The van der Waals surface area contributed by atoms with Gasteiger partial charge in [-0.2, -0.15) is 0 Å². The number of nitrogens with zero attached hydrogens (tertiary/aromatic N) is 1. The average Bonchev–Trinajstić information content (AvgIpc) is 3.03. The molecular weight excluding hydrogens is 596 g/mol. The lowest BCUT2D eigenvalue weighted by atomic mass is 9.82. The zero-order valence-corrected chi connectivity index (χ0v) is 27.5. The molecule has 250 valence electrons. The second-order valence-electron chi connectivity index (χ2n) is 12.6. The van der Waals surface area contributed by atoms with Gasteiger partial charge in [0.25, 0.3) is 0 Å². The molecule has 1 fully saturated rings. The number of carbonyl (C=O) groups is 4. The fourth-order valence-electron chi connectivity index (χ4n) is 6.29. The minimum atomic E-state index is -1.26. The number of carbonyl (C=O) groups excluding carboxylic acids is 4. The molecule has 0 spiro atoms. The maximum absolute atomic E-state index is 13.9. The number of amides is 3. The lowest BCUT2D eigenvalue weighted by Crippen LogP contribution is -2.61. The monoisotopic (exact) mass is 642 g/mol. The van der Waals surface area contributed by atoms with Crippen LogP contribution in [0.1, 0.15) is 48.6 Å². The maximum atomic E-state index is 13.9. The van der Waals surface area contributed by atoms with E-state index >= 15 is 0 Å². The Hall–Kier alpha value is -4.54. The van der Waals surface area contributed by atoms with E-state index in [9.17, 15) is 24.3 Å². The molecule has 5 N–H and O–H groups in total. The Balaban J connectivity index is 1.61. The van der Waals surface area contributed by atoms with E-state index in [4.69, 9.17) is 10.5 Å². The van der Waals surface area contributed by atoms with Gasteiger partial charge in [0.1, 0.15) is 18.4 Å². The molecule has 3 aromatic carbocycles. The van der Waals surface area contributed by atoms with Crippen molar-refractivity contribution in [3.63, 3.8) is 0 Å². The van der Waals surface area contributed by atoms with Gasteiger partial charge in [-0.05, 0) is 54.9 Å². The molecular formula is C37H46N4O6. The second-order valence-corrected chi connectivity index (χ2v) is 12.6. The van der Waals surface area contributed by atoms with Crippen molar-refractivity contribution < 1.29 is 29.0 Å². The molecule has 0 radical (unpaired) electrons. The fourth-order valence-corrected chi connectivity index (χ4v) is 6.29. The summed E-state index contributed by atoms with van der Waals surface area (Å²) in [5.41, 5.74) is 10.1. The maximum Gasteiger partial charge on any atom is 0.312 e. The third-order valence-corrected chi connectivity index (χ3v) is 8.65. The molecule has 3 aromatic rings. The number of rotatable bonds is 15. The van der Waals surface area contributed by atoms with Gasteiger partial charge in [-0.1, -0.05) is 92.7 Å². The predicted molar refractivity (Wildman–Crippen MR) is 179 cm³/mol. The van der Waals surface area contributed by atoms with Crippen molar-refractivity contribution in [1.82, 2.24) is 15.5 Å². The zero-order valence-electron chi connectivity index (χ0n) is 27.5. The van der Waals surface area contributed by atoms with E-state index in [-0.39, 0.29) is 37.8 Å². The van der Waals surface area contributed by atoms with Crippen molar-refractivity contribution >= 4 is 23.5 Å². The van der Waals surface area contributed by atoms with Crippen LogP contribution < -0.4 is 21.1 Å². The summed E-state index contributed by atoms with van der Waals surface area (Å²) in [6.07, 6.45) is -0.906. The van der Waals surface area contributed by atoms with E-state index in [1.807, 2.05) is 107 Å². The van der Waals surface area contributed by atoms with Crippen LogP contribution in [0.15, 0.2) is 78.9 Å². The van der Waals surface area contributed by atoms with E-state index in [0.29, 0.717) is 17.7 Å². The molecule has 0 aliphatic carbocycles. The smallest absolute Gasteiger partial charge is 0.312 e. The average molecular weight is 643 g/mol. The first-order chi connectivity index (χ1) is 22.5. The summed E-state index contributed by atoms with van der Waals surface area (Å²) in [4.78, 5) is 54.0. The molecule has 2 unspecified atom stereocenters. The third-order valence-electron chi connectivity index (χ3n) is 8.65. The van der Waals surface area contributed by atoms with E-state index in [1.165, 1.54) is 4.90 Å². The number of hydrogen-bond acceptors (Lipinski definition) is 7. The van der Waals surface area contributed by atoms with Crippen LogP contribution in [0.25, 0.3) is 0 Å². The molecule has 0 saturated carbocycles. The van der Waals surface area contributed by atoms with Crippen LogP contribution >= 0.6 is 0 Å². The van der Waals surface area contributed by atoms with Crippen LogP contribution in [0.5, 0.6) is 5.75 Å². The van der Waals surface area contributed by atoms with Crippen LogP contribution in [-0.4, -0.2) is 71.4 Å². The Labute approximate surface area is 276 Å². The minimum Gasteiger partial charge on any atom is -0.485 e. The molecule has 10 heteroatoms. The van der Waals surface area contributed by atoms with Gasteiger partial charge in [-0.3, -0.25) is 19.2 Å². The number of nitrogens with two attached hydrogens (primary N) is 1. The first kappa shape index (κ1) is 35.3. The molecule has 0 bridgehead atoms. The number of para-hydroxylation sites is 1. The second kappa shape index (κ2) is 16.3. The van der Waals surface area contributed by atoms with E-state index in [2.05, 4.69) is 10.6 Å². The number of Topliss-reactive ketones (excluding diaryl/α,β-unsaturated/α-hetero) is 1. The van der Waals surface area contributed by atoms with Crippen molar-refractivity contribution in [2.45, 2.75) is 64.8 Å². The SMILES string of the molecule is Cc1cccc(C)c1OCC(=O)C(C(N)c1ccccc1)[C@H](O)C[C@H](Cc1ccccc1)NC(=O)[C@H](C(C)C)N1CCNC(=O)C1=O. The number of piperazine rings is 1. The van der Waals surface area contributed by atoms with Crippen molar-refractivity contribution in [1.29, 1.82) is 0 Å². The number of aliphatic hydroxyl groups is 1. The van der Waals surface area contributed by atoms with Crippen LogP contribution in [0, 0.1) is 25.7 Å². The Kier molecular flexibility index (Phi) is 12.3. The lowest BCUT2D eigenvalue weighted by Gasteiger charge is -2.37. The summed E-state index contributed by atoms with van der Waals surface area (Å²) in [6, 6.07) is 21.9. The summed E-state index contributed by atoms with van der Waals surface area (Å²) < 4.78 is 6.00. The van der Waals surface area contributed by atoms with Gasteiger partial charge >= 0.3 is 11.8 Å². The van der Waals surface area contributed by atoms with E-state index < -0.39 is 47.9 Å². The quantitative estimate of drug-likeness (QED) is 0.186. The van der Waals surface area contributed by atoms with E-state index in [0.717, 1.165) is 16.7 Å². The molecule has 1 saturated heterocycles. The number of benzene rings is 3. The molecule has 10 nitrogen and oxygen atoms in total. The normalized spacial score (nSPS) is 16.5. The lowest BCUT2D eigenvalue weighted by molar-refractivity contribution is -0.153. The van der Waals surface area contributed by atoms with Gasteiger partial charge in [-0.25, -0.2) is 0 Å². The molecule has 1 heterocycles. The van der Waals surface area contributed by atoms with Crippen molar-refractivity contribution in [3.05, 3.63) is 101 Å². The molecule has 5 atom stereocenters. The topological polar surface area (TPSA) is 151 Å². The van der Waals surface area contributed by atoms with Crippen molar-refractivity contribution in [2.75, 3.05) is 19.7 Å². The molecule has 1 aliphatic heterocycles. The first-order valence-corrected chi connectivity index (χ1v) is 16.1. The highest BCUT2D eigenvalue weighted by Crippen LogP contribution is 2.28. The number of ketones is 1. The fraction of sp³-hybridized carbons (Fsp3) is 0.405. The van der Waals surface area contributed by atoms with Gasteiger partial charge in [-0.15, -0.1) is 0 Å². The Morgan fingerprint density at radius 3 is 2.19 bits per heavy atom. The molecule has 3 amide bonds. The van der Waals surface area contributed by atoms with Crippen LogP contribution in [0.2, 0.25) is 0 Å². The van der Waals surface area contributed by atoms with Crippen LogP contribution in [-0.2, 0) is 25.6 Å². The van der Waals surface area contributed by atoms with Crippen molar-refractivity contribution in [3.8, 4) is 5.75 Å². The van der Waals surface area contributed by atoms with Gasteiger partial charge in [0.2, 0.25) is 5.91 Å². The highest BCUT2D eigenvalue weighted by atomic mass is 16.5. The third kappa shape index (κ3) is 9.05. The van der Waals surface area contributed by atoms with Gasteiger partial charge in [0.05, 0.1) is 12.0 Å². The number of aliphatic hydroxyl groups excluding tert-OH is 1. The Bertz CT molecular complexity index is 1510. The Morgan fingerprint density at radius 2 is 1.57 bits per heavy atom. The summed E-state index contributed by atoms with van der Waals surface area (Å²) in [6.45, 7) is 7.59. The zero-order chi connectivity index (χ0) is 34.1. The van der Waals surface area contributed by atoms with Crippen molar-refractivity contribution in [2.24, 2.45) is 17.6 Å². The highest BCUT2D eigenvalue weighted by Gasteiger charge is 2.39. The number of aryl methyl sites for hydroxylation is 2. The number of hydrogen-bond donors (Lipinski definition) is 4. The summed E-state index contributed by atoms with van der Waals surface area (Å²) in [7, 11) is 0. The molecule has 1 aliphatic rings.